The molecule has 0 heterocycles. The van der Waals surface area contributed by atoms with Crippen molar-refractivity contribution in [3.63, 3.8) is 0 Å². The van der Waals surface area contributed by atoms with E-state index in [0.717, 1.165) is 0 Å². The van der Waals surface area contributed by atoms with Crippen LogP contribution >= 0.6 is 10.7 Å². The van der Waals surface area contributed by atoms with Crippen molar-refractivity contribution in [3.8, 4) is 0 Å². The molecule has 0 bridgehead atoms. The van der Waals surface area contributed by atoms with Crippen LogP contribution in [-0.4, -0.2) is 13.9 Å². The molecule has 0 aliphatic carbocycles. The molecule has 0 aromatic carbocycles. The SMILES string of the molecule is O=[SH](=O)Cl.[Na+].[OH-]. The fourth-order valence-electron chi connectivity index (χ4n) is 0. The molecular formula is H2ClNaO3S. The quantitative estimate of drug-likeness (QED) is 0.217. The Morgan fingerprint density at radius 3 is 1.33 bits per heavy atom. The van der Waals surface area contributed by atoms with Crippen LogP contribution in [0.1, 0.15) is 0 Å². The topological polar surface area (TPSA) is 64.1 Å². The third-order valence-corrected chi connectivity index (χ3v) is 0. The second kappa shape index (κ2) is 9.50. The molecule has 0 aliphatic heterocycles. The van der Waals surface area contributed by atoms with Crippen LogP contribution in [0.4, 0.5) is 0 Å². The zero-order valence-corrected chi connectivity index (χ0v) is 6.74. The van der Waals surface area contributed by atoms with Crippen molar-refractivity contribution in [2.75, 3.05) is 0 Å². The molecule has 0 unspecified atom stereocenters. The molecule has 0 saturated carbocycles. The van der Waals surface area contributed by atoms with Gasteiger partial charge < -0.3 is 5.48 Å². The Morgan fingerprint density at radius 2 is 1.33 bits per heavy atom. The van der Waals surface area contributed by atoms with Crippen molar-refractivity contribution in [2.45, 2.75) is 0 Å². The van der Waals surface area contributed by atoms with Gasteiger partial charge in [-0.25, -0.2) is 8.42 Å². The Balaban J connectivity index is -0.0000000450. The molecule has 0 radical (unpaired) electrons. The van der Waals surface area contributed by atoms with Crippen LogP contribution in [-0.2, 0) is 9.92 Å². The molecule has 0 aliphatic rings. The zero-order chi connectivity index (χ0) is 3.58. The number of hydrogen-bond acceptors (Lipinski definition) is 3. The van der Waals surface area contributed by atoms with Gasteiger partial charge in [-0.3, -0.25) is 0 Å². The van der Waals surface area contributed by atoms with E-state index in [1.54, 1.807) is 0 Å². The van der Waals surface area contributed by atoms with Gasteiger partial charge in [0.1, 0.15) is 0 Å². The van der Waals surface area contributed by atoms with Crippen molar-refractivity contribution in [1.29, 1.82) is 0 Å². The number of thiol groups is 1. The molecule has 0 saturated heterocycles. The zero-order valence-electron chi connectivity index (χ0n) is 3.09. The van der Waals surface area contributed by atoms with Crippen LogP contribution in [0.2, 0.25) is 0 Å². The minimum Gasteiger partial charge on any atom is -0.870 e. The molecule has 0 spiro atoms. The molecule has 0 amide bonds. The van der Waals surface area contributed by atoms with Gasteiger partial charge in [-0.15, -0.1) is 0 Å². The van der Waals surface area contributed by atoms with Crippen LogP contribution in [0, 0.1) is 0 Å². The standard InChI is InChI=1S/ClHO2S.Na.H2O/c1-4(2)3;;/h4H;;1H2/q;+1;/p-1. The first-order chi connectivity index (χ1) is 1.73. The molecule has 6 heavy (non-hydrogen) atoms. The fraction of sp³-hybridized carbons (Fsp3) is 0. The molecule has 0 fully saturated rings. The van der Waals surface area contributed by atoms with Crippen molar-refractivity contribution >= 4 is 20.6 Å². The van der Waals surface area contributed by atoms with E-state index in [1.165, 1.54) is 0 Å². The Kier molecular flexibility index (Phi) is 24.9. The fourth-order valence-corrected chi connectivity index (χ4v) is 0. The molecule has 3 nitrogen and oxygen atoms in total. The van der Waals surface area contributed by atoms with Gasteiger partial charge in [0.25, 0.3) is 0 Å². The molecular weight excluding hydrogens is 139 g/mol. The molecule has 34 valence electrons. The largest absolute Gasteiger partial charge is 1.00 e. The van der Waals surface area contributed by atoms with Crippen LogP contribution in [0.15, 0.2) is 0 Å². The molecule has 0 rings (SSSR count). The van der Waals surface area contributed by atoms with Crippen LogP contribution in [0.3, 0.4) is 0 Å². The molecule has 1 N–H and O–H groups in total. The summed E-state index contributed by atoms with van der Waals surface area (Å²) in [5.41, 5.74) is 0. The van der Waals surface area contributed by atoms with Crippen LogP contribution in [0.5, 0.6) is 0 Å². The summed E-state index contributed by atoms with van der Waals surface area (Å²) in [6.45, 7) is 0. The monoisotopic (exact) mass is 140 g/mol. The van der Waals surface area contributed by atoms with Crippen molar-refractivity contribution < 1.29 is 43.5 Å². The van der Waals surface area contributed by atoms with Gasteiger partial charge in [0.15, 0.2) is 0 Å². The van der Waals surface area contributed by atoms with Crippen LogP contribution < -0.4 is 29.6 Å². The van der Waals surface area contributed by atoms with Gasteiger partial charge in [-0.1, -0.05) is 0 Å². The van der Waals surface area contributed by atoms with Gasteiger partial charge in [-0.05, 0) is 0 Å². The summed E-state index contributed by atoms with van der Waals surface area (Å²) in [4.78, 5) is 0. The Hall–Kier alpha value is 1.20. The molecule has 0 aromatic rings. The Morgan fingerprint density at radius 1 is 1.33 bits per heavy atom. The molecule has 6 heteroatoms. The summed E-state index contributed by atoms with van der Waals surface area (Å²) in [7, 11) is 1.58. The van der Waals surface area contributed by atoms with E-state index in [1.807, 2.05) is 0 Å². The van der Waals surface area contributed by atoms with E-state index >= 15 is 0 Å². The van der Waals surface area contributed by atoms with E-state index in [2.05, 4.69) is 10.7 Å². The van der Waals surface area contributed by atoms with E-state index in [4.69, 9.17) is 8.42 Å². The van der Waals surface area contributed by atoms with Crippen molar-refractivity contribution in [2.24, 2.45) is 0 Å². The third-order valence-electron chi connectivity index (χ3n) is 0. The predicted octanol–water partition coefficient (Wildman–Crippen LogP) is -3.42. The maximum Gasteiger partial charge on any atom is 1.00 e. The summed E-state index contributed by atoms with van der Waals surface area (Å²) in [5.74, 6) is 0. The predicted molar refractivity (Wildman–Crippen MR) is 18.1 cm³/mol. The second-order valence-electron chi connectivity index (χ2n) is 0.213. The minimum atomic E-state index is -2.65. The molecule has 0 aromatic heterocycles. The van der Waals surface area contributed by atoms with Crippen LogP contribution in [0.25, 0.3) is 0 Å². The van der Waals surface area contributed by atoms with E-state index in [-0.39, 0.29) is 35.0 Å². The summed E-state index contributed by atoms with van der Waals surface area (Å²) >= 11 is 0. The first-order valence-corrected chi connectivity index (χ1v) is 2.62. The maximum absolute atomic E-state index is 8.80. The Bertz CT molecular complexity index is 59.2. The van der Waals surface area contributed by atoms with Crippen molar-refractivity contribution in [1.82, 2.24) is 0 Å². The summed E-state index contributed by atoms with van der Waals surface area (Å²) in [6.07, 6.45) is 0. The number of rotatable bonds is 0. The second-order valence-corrected chi connectivity index (χ2v) is 1.47. The summed E-state index contributed by atoms with van der Waals surface area (Å²) in [6, 6.07) is 0. The van der Waals surface area contributed by atoms with Gasteiger partial charge in [0.2, 0.25) is 9.92 Å². The van der Waals surface area contributed by atoms with E-state index in [0.29, 0.717) is 0 Å². The minimum absolute atomic E-state index is 0. The number of halogens is 1. The van der Waals surface area contributed by atoms with Gasteiger partial charge in [0, 0.05) is 10.7 Å². The number of hydrogen-bond donors (Lipinski definition) is 1. The smallest absolute Gasteiger partial charge is 0.870 e. The van der Waals surface area contributed by atoms with Crippen molar-refractivity contribution in [3.05, 3.63) is 0 Å². The van der Waals surface area contributed by atoms with Gasteiger partial charge >= 0.3 is 29.6 Å². The average molecular weight is 141 g/mol. The normalized spacial score (nSPS) is 5.67. The molecule has 0 atom stereocenters. The first kappa shape index (κ1) is 15.7. The van der Waals surface area contributed by atoms with Gasteiger partial charge in [-0.2, -0.15) is 0 Å². The van der Waals surface area contributed by atoms with Gasteiger partial charge in [0.05, 0.1) is 0 Å². The average Bonchev–Trinajstić information content (AvgIpc) is 0.811. The first-order valence-electron chi connectivity index (χ1n) is 0.534. The Labute approximate surface area is 63.7 Å². The van der Waals surface area contributed by atoms with E-state index < -0.39 is 9.92 Å². The summed E-state index contributed by atoms with van der Waals surface area (Å²) < 4.78 is 17.6. The summed E-state index contributed by atoms with van der Waals surface area (Å²) in [5, 5.41) is 0. The maximum atomic E-state index is 8.80. The van der Waals surface area contributed by atoms with E-state index in [9.17, 15) is 0 Å². The third kappa shape index (κ3) is 63.7.